The molecule has 1 aliphatic carbocycles. The van der Waals surface area contributed by atoms with Crippen LogP contribution in [-0.4, -0.2) is 30.6 Å². The molecule has 0 N–H and O–H groups in total. The monoisotopic (exact) mass is 250 g/mol. The van der Waals surface area contributed by atoms with Crippen LogP contribution in [0.4, 0.5) is 0 Å². The lowest BCUT2D eigenvalue weighted by Gasteiger charge is -2.22. The van der Waals surface area contributed by atoms with Gasteiger partial charge in [0, 0.05) is 0 Å². The minimum absolute atomic E-state index is 0.626. The van der Waals surface area contributed by atoms with E-state index in [-0.39, 0.29) is 0 Å². The summed E-state index contributed by atoms with van der Waals surface area (Å²) in [5.41, 5.74) is 10.9. The Morgan fingerprint density at radius 3 is 2.47 bits per heavy atom. The van der Waals surface area contributed by atoms with E-state index in [4.69, 9.17) is 10.3 Å². The van der Waals surface area contributed by atoms with Crippen molar-refractivity contribution in [1.29, 1.82) is 0 Å². The number of hydrogen-bond donors (Lipinski definition) is 0. The summed E-state index contributed by atoms with van der Waals surface area (Å²) in [4.78, 5) is 14.0. The highest BCUT2D eigenvalue weighted by molar-refractivity contribution is 6.83. The molecule has 0 bridgehead atoms. The average Bonchev–Trinajstić information content (AvgIpc) is 2.63. The molecule has 92 valence electrons. The maximum absolute atomic E-state index is 11.3. The van der Waals surface area contributed by atoms with Gasteiger partial charge >= 0.3 is 12.2 Å². The summed E-state index contributed by atoms with van der Waals surface area (Å²) < 4.78 is 5.34. The predicted molar refractivity (Wildman–Crippen MR) is 68.1 cm³/mol. The van der Waals surface area contributed by atoms with Crippen molar-refractivity contribution in [1.82, 2.24) is 0 Å². The summed E-state index contributed by atoms with van der Waals surface area (Å²) in [6.07, 6.45) is 4.36. The van der Waals surface area contributed by atoms with E-state index >= 15 is 0 Å². The van der Waals surface area contributed by atoms with E-state index in [1.54, 1.807) is 0 Å². The quantitative estimate of drug-likeness (QED) is 0.188. The number of ether oxygens (including phenoxy) is 1. The zero-order chi connectivity index (χ0) is 12.9. The van der Waals surface area contributed by atoms with Gasteiger partial charge in [0.05, 0.1) is 0 Å². The summed E-state index contributed by atoms with van der Waals surface area (Å²) in [5.74, 6) is 2.52. The van der Waals surface area contributed by atoms with Crippen molar-refractivity contribution in [3.63, 3.8) is 0 Å². The van der Waals surface area contributed by atoms with Gasteiger partial charge in [0.2, 0.25) is 0 Å². The largest absolute Gasteiger partial charge is 0.438 e. The normalized spacial score (nSPS) is 17.6. The molecule has 0 aromatic rings. The first-order chi connectivity index (χ1) is 7.87. The molecule has 0 aromatic carbocycles. The Labute approximate surface area is 103 Å². The van der Waals surface area contributed by atoms with Crippen molar-refractivity contribution < 1.29 is 14.3 Å². The Bertz CT molecular complexity index is 402. The molecule has 0 aromatic heterocycles. The Morgan fingerprint density at radius 1 is 1.41 bits per heavy atom. The van der Waals surface area contributed by atoms with Crippen molar-refractivity contribution in [3.05, 3.63) is 5.53 Å². The molecule has 1 rings (SSSR count). The maximum Gasteiger partial charge on any atom is 0.415 e. The topological polar surface area (TPSA) is 62.7 Å². The highest BCUT2D eigenvalue weighted by atomic mass is 28.3. The third-order valence-corrected chi connectivity index (χ3v) is 3.41. The number of carbonyl (C=O) groups excluding carboxylic acids is 1. The Kier molecular flexibility index (Phi) is 4.27. The Balaban J connectivity index is 2.86. The van der Waals surface area contributed by atoms with Gasteiger partial charge in [-0.1, -0.05) is 25.6 Å². The smallest absolute Gasteiger partial charge is 0.415 e. The molecule has 0 spiro atoms. The molecule has 5 heteroatoms. The van der Waals surface area contributed by atoms with Crippen LogP contribution in [0.1, 0.15) is 25.7 Å². The molecule has 1 aliphatic rings. The lowest BCUT2D eigenvalue weighted by atomic mass is 10.0. The summed E-state index contributed by atoms with van der Waals surface area (Å²) in [6, 6.07) is 0. The molecule has 4 nitrogen and oxygen atoms in total. The van der Waals surface area contributed by atoms with Crippen LogP contribution in [-0.2, 0) is 9.53 Å². The van der Waals surface area contributed by atoms with Crippen molar-refractivity contribution in [2.24, 2.45) is 0 Å². The maximum atomic E-state index is 11.3. The highest BCUT2D eigenvalue weighted by Crippen LogP contribution is 2.32. The lowest BCUT2D eigenvalue weighted by Crippen LogP contribution is -2.32. The minimum atomic E-state index is -1.48. The molecule has 0 atom stereocenters. The molecular formula is C12H18N2O2Si. The van der Waals surface area contributed by atoms with E-state index in [2.05, 4.69) is 35.9 Å². The van der Waals surface area contributed by atoms with Gasteiger partial charge in [-0.2, -0.15) is 4.79 Å². The summed E-state index contributed by atoms with van der Waals surface area (Å²) in [6.45, 7) is 6.46. The number of hydrogen-bond acceptors (Lipinski definition) is 2. The van der Waals surface area contributed by atoms with Gasteiger partial charge < -0.3 is 10.3 Å². The predicted octanol–water partition coefficient (Wildman–Crippen LogP) is 2.02. The first-order valence-electron chi connectivity index (χ1n) is 5.82. The second-order valence-electron chi connectivity index (χ2n) is 5.37. The first-order valence-corrected chi connectivity index (χ1v) is 9.32. The van der Waals surface area contributed by atoms with E-state index in [1.807, 2.05) is 0 Å². The molecule has 0 aliphatic heterocycles. The molecule has 0 heterocycles. The third kappa shape index (κ3) is 4.56. The summed E-state index contributed by atoms with van der Waals surface area (Å²) >= 11 is 0. The number of carbonyl (C=O) groups is 1. The average molecular weight is 250 g/mol. The van der Waals surface area contributed by atoms with E-state index in [0.717, 1.165) is 31.9 Å². The number of esters is 1. The fourth-order valence-corrected chi connectivity index (χ4v) is 2.37. The van der Waals surface area contributed by atoms with Gasteiger partial charge in [-0.25, -0.2) is 4.79 Å². The standard InChI is InChI=1S/C12H18N2O2Si/c1-17(2,3)9-8-12(6-4-5-7-12)16-11(15)10-14-13/h10H,4-7H2,1-3H3. The lowest BCUT2D eigenvalue weighted by molar-refractivity contribution is -0.148. The molecule has 17 heavy (non-hydrogen) atoms. The van der Waals surface area contributed by atoms with E-state index in [1.165, 1.54) is 0 Å². The van der Waals surface area contributed by atoms with Crippen molar-refractivity contribution in [2.75, 3.05) is 0 Å². The van der Waals surface area contributed by atoms with Gasteiger partial charge in [0.1, 0.15) is 8.07 Å². The van der Waals surface area contributed by atoms with Crippen LogP contribution >= 0.6 is 0 Å². The van der Waals surface area contributed by atoms with Crippen LogP contribution in [0.5, 0.6) is 0 Å². The van der Waals surface area contributed by atoms with Gasteiger partial charge in [0.25, 0.3) is 0 Å². The van der Waals surface area contributed by atoms with Crippen LogP contribution < -0.4 is 0 Å². The zero-order valence-corrected chi connectivity index (χ0v) is 11.6. The van der Waals surface area contributed by atoms with Crippen LogP contribution in [0.2, 0.25) is 19.6 Å². The van der Waals surface area contributed by atoms with E-state index < -0.39 is 19.6 Å². The molecular weight excluding hydrogens is 232 g/mol. The third-order valence-electron chi connectivity index (χ3n) is 2.54. The molecule has 0 radical (unpaired) electrons. The van der Waals surface area contributed by atoms with Gasteiger partial charge in [-0.05, 0) is 25.7 Å². The zero-order valence-electron chi connectivity index (χ0n) is 10.6. The van der Waals surface area contributed by atoms with Crippen molar-refractivity contribution in [3.8, 4) is 11.5 Å². The molecule has 1 fully saturated rings. The summed E-state index contributed by atoms with van der Waals surface area (Å²) in [7, 11) is -1.48. The fourth-order valence-electron chi connectivity index (χ4n) is 1.77. The number of nitrogens with zero attached hydrogens (tertiary/aromatic N) is 2. The van der Waals surface area contributed by atoms with Gasteiger partial charge in [-0.15, -0.1) is 5.54 Å². The van der Waals surface area contributed by atoms with Crippen molar-refractivity contribution >= 4 is 20.3 Å². The van der Waals surface area contributed by atoms with E-state index in [0.29, 0.717) is 0 Å². The second-order valence-corrected chi connectivity index (χ2v) is 10.1. The fraction of sp³-hybridized carbons (Fsp3) is 0.667. The highest BCUT2D eigenvalue weighted by Gasteiger charge is 2.36. The van der Waals surface area contributed by atoms with Crippen LogP contribution in [0.25, 0.3) is 5.53 Å². The van der Waals surface area contributed by atoms with Crippen LogP contribution in [0.3, 0.4) is 0 Å². The summed E-state index contributed by atoms with van der Waals surface area (Å²) in [5, 5.41) is 0. The molecule has 0 amide bonds. The van der Waals surface area contributed by atoms with Gasteiger partial charge in [0.15, 0.2) is 5.60 Å². The minimum Gasteiger partial charge on any atom is -0.438 e. The van der Waals surface area contributed by atoms with Gasteiger partial charge in [-0.3, -0.25) is 0 Å². The molecule has 1 saturated carbocycles. The number of rotatable bonds is 2. The van der Waals surface area contributed by atoms with Crippen LogP contribution in [0.15, 0.2) is 0 Å². The van der Waals surface area contributed by atoms with Crippen molar-refractivity contribution in [2.45, 2.75) is 50.9 Å². The first kappa shape index (κ1) is 13.7. The van der Waals surface area contributed by atoms with Crippen LogP contribution in [0, 0.1) is 11.5 Å². The molecule has 0 unspecified atom stereocenters. The van der Waals surface area contributed by atoms with E-state index in [9.17, 15) is 4.79 Å². The molecule has 0 saturated heterocycles. The second kappa shape index (κ2) is 5.31. The Morgan fingerprint density at radius 2 is 2.00 bits per heavy atom. The SMILES string of the molecule is C[Si](C)(C)C#CC1(OC(=O)C=[N+]=[N-])CCCC1. The Hall–Kier alpha value is -1.37.